The number of benzene rings is 2. The zero-order valence-corrected chi connectivity index (χ0v) is 32.7. The molecule has 3 saturated heterocycles. The summed E-state index contributed by atoms with van der Waals surface area (Å²) in [5.41, 5.74) is -5.39. The summed E-state index contributed by atoms with van der Waals surface area (Å²) in [4.78, 5) is 28.2. The van der Waals surface area contributed by atoms with Gasteiger partial charge in [0.15, 0.2) is 23.0 Å². The van der Waals surface area contributed by atoms with Crippen LogP contribution in [0.3, 0.4) is 0 Å². The van der Waals surface area contributed by atoms with Crippen LogP contribution in [0.15, 0.2) is 60.7 Å². The first-order chi connectivity index (χ1) is 29.4. The summed E-state index contributed by atoms with van der Waals surface area (Å²) in [6.07, 6.45) is -12.3. The van der Waals surface area contributed by atoms with Gasteiger partial charge in [0, 0.05) is 17.5 Å². The van der Waals surface area contributed by atoms with Crippen molar-refractivity contribution in [3.8, 4) is 23.0 Å². The number of hydrogen-bond donors (Lipinski definition) is 12. The molecular weight excluding hydrogens is 832 g/mol. The molecule has 22 heteroatoms. The van der Waals surface area contributed by atoms with Gasteiger partial charge in [0.2, 0.25) is 35.4 Å². The molecule has 2 aliphatic carbocycles. The minimum Gasteiger partial charge on any atom is -0.504 e. The number of rotatable bonds is 12. The van der Waals surface area contributed by atoms with Crippen molar-refractivity contribution in [2.45, 2.75) is 123 Å². The standard InChI is InChI=1S/C40H48O22/c41-15-23-25(45)27(47)29(49)33(57-23)59-31-19(7-5-9-21(31)43)17-55-35(51)37(53)11-1-4-14-40(37)61-38(12-2-3-13-39(38,54)62-40)36(52)56-18-20-8-6-10-22(44)32(20)60-34-30(50)28(48)26(46)24(16-42)58-34/h1,3,5-11,13,23-30,33-34,41-50,53-54H,2,4,12,14-18H2/t23-,24-,25-,26-,27+,28+,29-,30-,33+,34+,37-,38+,39+,40-/m1/s1. The highest BCUT2D eigenvalue weighted by Crippen LogP contribution is 2.56. The average Bonchev–Trinajstić information content (AvgIpc) is 3.54. The van der Waals surface area contributed by atoms with E-state index in [-0.39, 0.29) is 42.6 Å². The normalized spacial score (nSPS) is 38.9. The van der Waals surface area contributed by atoms with E-state index in [0.29, 0.717) is 0 Å². The molecule has 5 aliphatic rings. The summed E-state index contributed by atoms with van der Waals surface area (Å²) in [6.45, 7) is -2.95. The third-order valence-electron chi connectivity index (χ3n) is 11.5. The molecule has 14 atom stereocenters. The van der Waals surface area contributed by atoms with Crippen molar-refractivity contribution in [2.75, 3.05) is 13.2 Å². The molecule has 0 bridgehead atoms. The highest BCUT2D eigenvalue weighted by atomic mass is 16.8. The molecule has 340 valence electrons. The molecule has 3 fully saturated rings. The van der Waals surface area contributed by atoms with Gasteiger partial charge in [-0.1, -0.05) is 36.4 Å². The summed E-state index contributed by atoms with van der Waals surface area (Å²) in [6, 6.07) is 7.78. The average molecular weight is 881 g/mol. The van der Waals surface area contributed by atoms with Crippen LogP contribution in [0.2, 0.25) is 0 Å². The third kappa shape index (κ3) is 7.79. The number of carbonyl (C=O) groups excluding carboxylic acids is 2. The van der Waals surface area contributed by atoms with Crippen molar-refractivity contribution in [3.05, 3.63) is 71.8 Å². The number of aliphatic hydroxyl groups is 10. The van der Waals surface area contributed by atoms with Gasteiger partial charge in [0.25, 0.3) is 0 Å². The molecule has 0 aromatic heterocycles. The number of hydrogen-bond acceptors (Lipinski definition) is 22. The Morgan fingerprint density at radius 2 is 1.11 bits per heavy atom. The van der Waals surface area contributed by atoms with Gasteiger partial charge in [-0.3, -0.25) is 0 Å². The summed E-state index contributed by atoms with van der Waals surface area (Å²) in [5, 5.41) is 126. The van der Waals surface area contributed by atoms with Gasteiger partial charge in [0.1, 0.15) is 62.0 Å². The van der Waals surface area contributed by atoms with E-state index in [1.165, 1.54) is 48.6 Å². The Bertz CT molecular complexity index is 2020. The Hall–Kier alpha value is -4.50. The zero-order valence-electron chi connectivity index (χ0n) is 32.7. The van der Waals surface area contributed by atoms with Crippen LogP contribution in [-0.4, -0.2) is 171 Å². The van der Waals surface area contributed by atoms with E-state index in [1.807, 2.05) is 0 Å². The van der Waals surface area contributed by atoms with E-state index < -0.39 is 140 Å². The number of fused-ring (bicyclic) bond motifs is 1. The Morgan fingerprint density at radius 1 is 0.629 bits per heavy atom. The SMILES string of the molecule is O=C(OCc1cccc(O)c1O[C@@H]1O[C@H](CO)[C@@H](O)[C@H](O)[C@H]1O)[C@]1(O)C=CCC[C@]12O[C@]1(C(=O)OCc3cccc(O)c3O[C@@H]3O[C@H](CO)[C@@H](O)[C@H](O)[C@H]3O)CCC=C[C@]1(O)O2. The maximum Gasteiger partial charge on any atom is 0.348 e. The largest absolute Gasteiger partial charge is 0.504 e. The van der Waals surface area contributed by atoms with Gasteiger partial charge in [-0.2, -0.15) is 0 Å². The molecule has 1 spiro atoms. The molecule has 0 unspecified atom stereocenters. The van der Waals surface area contributed by atoms with Crippen LogP contribution in [0.25, 0.3) is 0 Å². The fraction of sp³-hybridized carbons (Fsp3) is 0.550. The maximum atomic E-state index is 14.2. The molecule has 2 aromatic rings. The van der Waals surface area contributed by atoms with Crippen LogP contribution in [0, 0.1) is 0 Å². The van der Waals surface area contributed by atoms with Gasteiger partial charge in [0.05, 0.1) is 13.2 Å². The molecule has 0 saturated carbocycles. The Balaban J connectivity index is 1.10. The molecule has 0 radical (unpaired) electrons. The summed E-state index contributed by atoms with van der Waals surface area (Å²) < 4.78 is 45.5. The van der Waals surface area contributed by atoms with Crippen LogP contribution >= 0.6 is 0 Å². The van der Waals surface area contributed by atoms with Crippen LogP contribution in [0.4, 0.5) is 0 Å². The number of aromatic hydroxyl groups is 2. The lowest BCUT2D eigenvalue weighted by Crippen LogP contribution is -2.62. The monoisotopic (exact) mass is 880 g/mol. The highest BCUT2D eigenvalue weighted by Gasteiger charge is 2.76. The second-order valence-corrected chi connectivity index (χ2v) is 15.4. The van der Waals surface area contributed by atoms with Crippen LogP contribution in [0.5, 0.6) is 23.0 Å². The maximum absolute atomic E-state index is 14.2. The predicted molar refractivity (Wildman–Crippen MR) is 199 cm³/mol. The van der Waals surface area contributed by atoms with Crippen LogP contribution < -0.4 is 9.47 Å². The van der Waals surface area contributed by atoms with E-state index in [2.05, 4.69) is 0 Å². The summed E-state index contributed by atoms with van der Waals surface area (Å²) in [5.74, 6) is -9.68. The second kappa shape index (κ2) is 17.6. The Morgan fingerprint density at radius 3 is 1.63 bits per heavy atom. The molecule has 12 N–H and O–H groups in total. The van der Waals surface area contributed by atoms with Crippen molar-refractivity contribution < 1.29 is 109 Å². The molecule has 0 amide bonds. The first-order valence-corrected chi connectivity index (χ1v) is 19.6. The number of allylic oxidation sites excluding steroid dienone is 2. The zero-order chi connectivity index (χ0) is 44.8. The smallest absolute Gasteiger partial charge is 0.348 e. The van der Waals surface area contributed by atoms with Crippen molar-refractivity contribution >= 4 is 11.9 Å². The molecular formula is C40H48O22. The molecule has 2 aromatic carbocycles. The topological polar surface area (TPSA) is 351 Å². The summed E-state index contributed by atoms with van der Waals surface area (Å²) >= 11 is 0. The quantitative estimate of drug-likeness (QED) is 0.0739. The lowest BCUT2D eigenvalue weighted by molar-refractivity contribution is -0.294. The molecule has 3 heterocycles. The molecule has 7 rings (SSSR count). The third-order valence-corrected chi connectivity index (χ3v) is 11.5. The van der Waals surface area contributed by atoms with Gasteiger partial charge >= 0.3 is 11.9 Å². The van der Waals surface area contributed by atoms with E-state index in [9.17, 15) is 70.9 Å². The van der Waals surface area contributed by atoms with Gasteiger partial charge in [-0.15, -0.1) is 0 Å². The Kier molecular flexibility index (Phi) is 12.9. The summed E-state index contributed by atoms with van der Waals surface area (Å²) in [7, 11) is 0. The fourth-order valence-electron chi connectivity index (χ4n) is 7.97. The lowest BCUT2D eigenvalue weighted by atomic mass is 9.83. The van der Waals surface area contributed by atoms with Crippen molar-refractivity contribution in [1.29, 1.82) is 0 Å². The number of phenolic OH excluding ortho intramolecular Hbond substituents is 2. The second-order valence-electron chi connectivity index (χ2n) is 15.4. The molecule has 3 aliphatic heterocycles. The van der Waals surface area contributed by atoms with E-state index >= 15 is 0 Å². The van der Waals surface area contributed by atoms with Crippen molar-refractivity contribution in [1.82, 2.24) is 0 Å². The first kappa shape index (κ1) is 45.5. The van der Waals surface area contributed by atoms with Gasteiger partial charge in [-0.05, 0) is 43.5 Å². The lowest BCUT2D eigenvalue weighted by Gasteiger charge is -2.42. The molecule has 62 heavy (non-hydrogen) atoms. The number of ether oxygens (including phenoxy) is 8. The number of phenols is 2. The fourth-order valence-corrected chi connectivity index (χ4v) is 7.97. The van der Waals surface area contributed by atoms with E-state index in [0.717, 1.165) is 12.2 Å². The molecule has 22 nitrogen and oxygen atoms in total. The number of esters is 2. The number of para-hydroxylation sites is 2. The minimum absolute atomic E-state index is 0.0299. The predicted octanol–water partition coefficient (Wildman–Crippen LogP) is -3.16. The Labute approximate surface area is 351 Å². The highest BCUT2D eigenvalue weighted by molar-refractivity contribution is 5.86. The van der Waals surface area contributed by atoms with Crippen LogP contribution in [0.1, 0.15) is 36.8 Å². The van der Waals surface area contributed by atoms with Gasteiger partial charge < -0.3 is 99.2 Å². The van der Waals surface area contributed by atoms with Crippen molar-refractivity contribution in [3.63, 3.8) is 0 Å². The number of aliphatic hydroxyl groups excluding tert-OH is 8. The van der Waals surface area contributed by atoms with E-state index in [1.54, 1.807) is 0 Å². The van der Waals surface area contributed by atoms with Crippen molar-refractivity contribution in [2.24, 2.45) is 0 Å². The minimum atomic E-state index is -2.87. The first-order valence-electron chi connectivity index (χ1n) is 19.6. The van der Waals surface area contributed by atoms with Crippen LogP contribution in [-0.2, 0) is 51.2 Å². The number of carbonyl (C=O) groups is 2. The van der Waals surface area contributed by atoms with E-state index in [4.69, 9.17) is 37.9 Å². The van der Waals surface area contributed by atoms with Gasteiger partial charge in [-0.25, -0.2) is 9.59 Å².